The topological polar surface area (TPSA) is 49.6 Å². The Morgan fingerprint density at radius 3 is 2.14 bits per heavy atom. The molecule has 1 aliphatic rings. The van der Waals surface area contributed by atoms with Crippen molar-refractivity contribution in [2.45, 2.75) is 19.4 Å². The Balaban J connectivity index is 0.00000242. The molecule has 124 valence electrons. The molecular formula is C15H22Cl3N3O. The zero-order valence-electron chi connectivity index (χ0n) is 12.8. The van der Waals surface area contributed by atoms with Crippen LogP contribution in [-0.2, 0) is 0 Å². The summed E-state index contributed by atoms with van der Waals surface area (Å²) < 4.78 is 0. The van der Waals surface area contributed by atoms with E-state index in [1.807, 2.05) is 13.8 Å². The molecule has 1 saturated heterocycles. The SMILES string of the molecule is CC(C)(N)CN1CCN(C(=O)c2c(Cl)cccc2Cl)CC1.Cl. The second kappa shape index (κ2) is 7.84. The molecule has 0 radical (unpaired) electrons. The number of hydrogen-bond donors (Lipinski definition) is 1. The molecular weight excluding hydrogens is 345 g/mol. The first-order valence-electron chi connectivity index (χ1n) is 7.02. The maximum absolute atomic E-state index is 12.5. The number of carbonyl (C=O) groups excluding carboxylic acids is 1. The van der Waals surface area contributed by atoms with Crippen LogP contribution >= 0.6 is 35.6 Å². The summed E-state index contributed by atoms with van der Waals surface area (Å²) in [7, 11) is 0. The standard InChI is InChI=1S/C15H21Cl2N3O.ClH/c1-15(2,18)10-19-6-8-20(9-7-19)14(21)13-11(16)4-3-5-12(13)17;/h3-5H,6-10,18H2,1-2H3;1H. The zero-order chi connectivity index (χ0) is 15.6. The second-order valence-electron chi connectivity index (χ2n) is 6.15. The van der Waals surface area contributed by atoms with Gasteiger partial charge in [-0.2, -0.15) is 0 Å². The third kappa shape index (κ3) is 5.00. The Kier molecular flexibility index (Phi) is 6.96. The van der Waals surface area contributed by atoms with E-state index in [-0.39, 0.29) is 23.9 Å². The van der Waals surface area contributed by atoms with Crippen LogP contribution in [0.15, 0.2) is 18.2 Å². The fourth-order valence-electron chi connectivity index (χ4n) is 2.55. The molecule has 0 bridgehead atoms. The van der Waals surface area contributed by atoms with Gasteiger partial charge in [0, 0.05) is 38.3 Å². The number of amides is 1. The first kappa shape index (κ1) is 19.5. The number of halogens is 3. The van der Waals surface area contributed by atoms with E-state index >= 15 is 0 Å². The van der Waals surface area contributed by atoms with Crippen LogP contribution < -0.4 is 5.73 Å². The highest BCUT2D eigenvalue weighted by atomic mass is 35.5. The van der Waals surface area contributed by atoms with Crippen LogP contribution in [0.25, 0.3) is 0 Å². The predicted molar refractivity (Wildman–Crippen MR) is 94.3 cm³/mol. The van der Waals surface area contributed by atoms with Crippen molar-refractivity contribution in [2.24, 2.45) is 5.73 Å². The van der Waals surface area contributed by atoms with Gasteiger partial charge in [-0.05, 0) is 26.0 Å². The third-order valence-corrected chi connectivity index (χ3v) is 4.10. The summed E-state index contributed by atoms with van der Waals surface area (Å²) in [6.45, 7) is 7.79. The van der Waals surface area contributed by atoms with Crippen molar-refractivity contribution in [3.8, 4) is 0 Å². The van der Waals surface area contributed by atoms with Crippen molar-refractivity contribution < 1.29 is 4.79 Å². The number of piperazine rings is 1. The van der Waals surface area contributed by atoms with Crippen LogP contribution in [0.1, 0.15) is 24.2 Å². The van der Waals surface area contributed by atoms with Crippen LogP contribution in [0.2, 0.25) is 10.0 Å². The van der Waals surface area contributed by atoms with E-state index in [9.17, 15) is 4.79 Å². The number of carbonyl (C=O) groups is 1. The largest absolute Gasteiger partial charge is 0.336 e. The molecule has 4 nitrogen and oxygen atoms in total. The van der Waals surface area contributed by atoms with Crippen molar-refractivity contribution >= 4 is 41.5 Å². The summed E-state index contributed by atoms with van der Waals surface area (Å²) in [5.74, 6) is -0.0998. The fraction of sp³-hybridized carbons (Fsp3) is 0.533. The van der Waals surface area contributed by atoms with Gasteiger partial charge in [0.25, 0.3) is 5.91 Å². The van der Waals surface area contributed by atoms with E-state index in [1.54, 1.807) is 23.1 Å². The first-order valence-corrected chi connectivity index (χ1v) is 7.78. The molecule has 7 heteroatoms. The Bertz CT molecular complexity index is 503. The normalized spacial score (nSPS) is 16.3. The van der Waals surface area contributed by atoms with E-state index in [2.05, 4.69) is 4.90 Å². The zero-order valence-corrected chi connectivity index (χ0v) is 15.1. The van der Waals surface area contributed by atoms with Gasteiger partial charge in [-0.25, -0.2) is 0 Å². The monoisotopic (exact) mass is 365 g/mol. The molecule has 1 fully saturated rings. The van der Waals surface area contributed by atoms with Crippen molar-refractivity contribution in [3.05, 3.63) is 33.8 Å². The third-order valence-electron chi connectivity index (χ3n) is 3.47. The molecule has 0 spiro atoms. The lowest BCUT2D eigenvalue weighted by Crippen LogP contribution is -2.54. The molecule has 0 aliphatic carbocycles. The van der Waals surface area contributed by atoms with Crippen molar-refractivity contribution in [2.75, 3.05) is 32.7 Å². The Labute approximate surface area is 147 Å². The minimum absolute atomic E-state index is 0. The van der Waals surface area contributed by atoms with Crippen molar-refractivity contribution in [1.82, 2.24) is 9.80 Å². The predicted octanol–water partition coefficient (Wildman–Crippen LogP) is 2.91. The molecule has 2 N–H and O–H groups in total. The highest BCUT2D eigenvalue weighted by Crippen LogP contribution is 2.26. The first-order chi connectivity index (χ1) is 9.78. The van der Waals surface area contributed by atoms with E-state index in [0.717, 1.165) is 19.6 Å². The Morgan fingerprint density at radius 1 is 1.18 bits per heavy atom. The summed E-state index contributed by atoms with van der Waals surface area (Å²) in [6, 6.07) is 5.12. The molecule has 1 aromatic rings. The van der Waals surface area contributed by atoms with Crippen LogP contribution in [0.5, 0.6) is 0 Å². The minimum Gasteiger partial charge on any atom is -0.336 e. The lowest BCUT2D eigenvalue weighted by molar-refractivity contribution is 0.0616. The molecule has 22 heavy (non-hydrogen) atoms. The van der Waals surface area contributed by atoms with Gasteiger partial charge in [-0.15, -0.1) is 12.4 Å². The Morgan fingerprint density at radius 2 is 1.68 bits per heavy atom. The van der Waals surface area contributed by atoms with Gasteiger partial charge in [0.15, 0.2) is 0 Å². The number of rotatable bonds is 3. The maximum atomic E-state index is 12.5. The highest BCUT2D eigenvalue weighted by molar-refractivity contribution is 6.39. The molecule has 0 aromatic heterocycles. The number of hydrogen-bond acceptors (Lipinski definition) is 3. The van der Waals surface area contributed by atoms with Gasteiger partial charge < -0.3 is 10.6 Å². The molecule has 2 rings (SSSR count). The quantitative estimate of drug-likeness (QED) is 0.895. The second-order valence-corrected chi connectivity index (χ2v) is 6.97. The van der Waals surface area contributed by atoms with E-state index < -0.39 is 0 Å². The van der Waals surface area contributed by atoms with Gasteiger partial charge in [-0.3, -0.25) is 9.69 Å². The highest BCUT2D eigenvalue weighted by Gasteiger charge is 2.26. The molecule has 1 heterocycles. The van der Waals surface area contributed by atoms with Gasteiger partial charge in [0.05, 0.1) is 15.6 Å². The van der Waals surface area contributed by atoms with E-state index in [4.69, 9.17) is 28.9 Å². The minimum atomic E-state index is -0.224. The van der Waals surface area contributed by atoms with Gasteiger partial charge in [0.1, 0.15) is 0 Å². The summed E-state index contributed by atoms with van der Waals surface area (Å²) in [4.78, 5) is 16.6. The fourth-order valence-corrected chi connectivity index (χ4v) is 3.10. The van der Waals surface area contributed by atoms with Crippen molar-refractivity contribution in [1.29, 1.82) is 0 Å². The van der Waals surface area contributed by atoms with Crippen LogP contribution in [0, 0.1) is 0 Å². The van der Waals surface area contributed by atoms with E-state index in [0.29, 0.717) is 28.7 Å². The molecule has 0 atom stereocenters. The average Bonchev–Trinajstić information content (AvgIpc) is 2.37. The van der Waals surface area contributed by atoms with Crippen LogP contribution in [0.3, 0.4) is 0 Å². The summed E-state index contributed by atoms with van der Waals surface area (Å²) in [6.07, 6.45) is 0. The smallest absolute Gasteiger partial charge is 0.256 e. The molecule has 0 unspecified atom stereocenters. The molecule has 1 aromatic carbocycles. The molecule has 0 saturated carbocycles. The summed E-state index contributed by atoms with van der Waals surface area (Å²) in [5.41, 5.74) is 6.21. The lowest BCUT2D eigenvalue weighted by Gasteiger charge is -2.37. The maximum Gasteiger partial charge on any atom is 0.256 e. The lowest BCUT2D eigenvalue weighted by atomic mass is 10.1. The van der Waals surface area contributed by atoms with Crippen LogP contribution in [-0.4, -0.2) is 54.0 Å². The van der Waals surface area contributed by atoms with Gasteiger partial charge >= 0.3 is 0 Å². The Hall–Kier alpha value is -0.520. The molecule has 1 amide bonds. The summed E-state index contributed by atoms with van der Waals surface area (Å²) in [5, 5.41) is 0.802. The average molecular weight is 367 g/mol. The summed E-state index contributed by atoms with van der Waals surface area (Å²) >= 11 is 12.2. The van der Waals surface area contributed by atoms with Gasteiger partial charge in [-0.1, -0.05) is 29.3 Å². The number of nitrogens with zero attached hydrogens (tertiary/aromatic N) is 2. The number of nitrogens with two attached hydrogens (primary N) is 1. The number of benzene rings is 1. The van der Waals surface area contributed by atoms with Gasteiger partial charge in [0.2, 0.25) is 0 Å². The molecule has 1 aliphatic heterocycles. The van der Waals surface area contributed by atoms with Crippen molar-refractivity contribution in [3.63, 3.8) is 0 Å². The van der Waals surface area contributed by atoms with Crippen LogP contribution in [0.4, 0.5) is 0 Å². The van der Waals surface area contributed by atoms with E-state index in [1.165, 1.54) is 0 Å².